The molecular weight excluding hydrogens is 382 g/mol. The molecule has 2 aliphatic heterocycles. The largest absolute Gasteiger partial charge is 0.491 e. The van der Waals surface area contributed by atoms with E-state index in [0.29, 0.717) is 55.3 Å². The van der Waals surface area contributed by atoms with Gasteiger partial charge in [0.05, 0.1) is 42.7 Å². The van der Waals surface area contributed by atoms with Crippen molar-refractivity contribution < 1.29 is 17.9 Å². The topological polar surface area (TPSA) is 120 Å². The number of nitrogens with zero attached hydrogens (tertiary/aromatic N) is 3. The predicted molar refractivity (Wildman–Crippen MR) is 104 cm³/mol. The molecule has 1 aromatic heterocycles. The summed E-state index contributed by atoms with van der Waals surface area (Å²) in [5.41, 5.74) is 6.49. The molecule has 28 heavy (non-hydrogen) atoms. The summed E-state index contributed by atoms with van der Waals surface area (Å²) in [6.07, 6.45) is 1.58. The molecule has 2 aliphatic rings. The second-order valence-electron chi connectivity index (χ2n) is 7.14. The van der Waals surface area contributed by atoms with Crippen molar-refractivity contribution in [3.63, 3.8) is 0 Å². The van der Waals surface area contributed by atoms with Gasteiger partial charge in [-0.15, -0.1) is 0 Å². The molecule has 9 nitrogen and oxygen atoms in total. The summed E-state index contributed by atoms with van der Waals surface area (Å²) in [6.45, 7) is 2.17. The smallest absolute Gasteiger partial charge is 0.227 e. The summed E-state index contributed by atoms with van der Waals surface area (Å²) in [6, 6.07) is 7.05. The second kappa shape index (κ2) is 7.19. The van der Waals surface area contributed by atoms with Gasteiger partial charge in [0.1, 0.15) is 0 Å². The number of nitrogens with two attached hydrogens (primary N) is 1. The third kappa shape index (κ3) is 3.62. The van der Waals surface area contributed by atoms with E-state index >= 15 is 0 Å². The molecule has 0 amide bonds. The fraction of sp³-hybridized carbons (Fsp3) is 0.444. The van der Waals surface area contributed by atoms with Crippen molar-refractivity contribution in [1.29, 1.82) is 0 Å². The Kier molecular flexibility index (Phi) is 4.86. The van der Waals surface area contributed by atoms with E-state index in [1.807, 2.05) is 17.0 Å². The maximum Gasteiger partial charge on any atom is 0.227 e. The van der Waals surface area contributed by atoms with E-state index in [1.165, 1.54) is 0 Å². The van der Waals surface area contributed by atoms with Gasteiger partial charge in [0, 0.05) is 19.6 Å². The Morgan fingerprint density at radius 3 is 2.86 bits per heavy atom. The van der Waals surface area contributed by atoms with Crippen LogP contribution in [0.3, 0.4) is 0 Å². The number of anilines is 2. The molecule has 0 unspecified atom stereocenters. The van der Waals surface area contributed by atoms with E-state index in [4.69, 9.17) is 15.2 Å². The third-order valence-corrected chi connectivity index (χ3v) is 6.72. The van der Waals surface area contributed by atoms with Crippen LogP contribution in [0.15, 0.2) is 35.4 Å². The molecule has 0 aliphatic carbocycles. The van der Waals surface area contributed by atoms with Gasteiger partial charge in [-0.25, -0.2) is 13.4 Å². The predicted octanol–water partition coefficient (Wildman–Crippen LogP) is 0.419. The maximum absolute atomic E-state index is 12.6. The summed E-state index contributed by atoms with van der Waals surface area (Å²) in [5.74, 6) is 1.46. The van der Waals surface area contributed by atoms with E-state index < -0.39 is 15.4 Å². The van der Waals surface area contributed by atoms with Gasteiger partial charge in [-0.05, 0) is 11.6 Å². The van der Waals surface area contributed by atoms with Gasteiger partial charge in [-0.3, -0.25) is 0 Å². The Labute approximate surface area is 163 Å². The van der Waals surface area contributed by atoms with Crippen LogP contribution >= 0.6 is 0 Å². The fourth-order valence-electron chi connectivity index (χ4n) is 3.25. The van der Waals surface area contributed by atoms with Crippen molar-refractivity contribution in [3.05, 3.63) is 36.0 Å². The Morgan fingerprint density at radius 1 is 1.36 bits per heavy atom. The lowest BCUT2D eigenvalue weighted by atomic mass is 9.99. The monoisotopic (exact) mass is 405 g/mol. The van der Waals surface area contributed by atoms with Crippen molar-refractivity contribution in [2.75, 3.05) is 49.4 Å². The first-order valence-electron chi connectivity index (χ1n) is 8.97. The average Bonchev–Trinajstić information content (AvgIpc) is 2.81. The van der Waals surface area contributed by atoms with Crippen LogP contribution in [0.5, 0.6) is 5.75 Å². The summed E-state index contributed by atoms with van der Waals surface area (Å²) in [7, 11) is -1.79. The van der Waals surface area contributed by atoms with Crippen LogP contribution in [0.1, 0.15) is 5.56 Å². The molecule has 2 aromatic rings. The summed E-state index contributed by atoms with van der Waals surface area (Å²) >= 11 is 0. The molecule has 0 radical (unpaired) electrons. The zero-order valence-electron chi connectivity index (χ0n) is 15.6. The standard InChI is InChI=1S/C18H23N5O4S/c1-26-14-8-20-17(22-16(14)21-10-18(19)11-27-12-18)23-6-7-28(24,25)15-5-3-2-4-13(15)9-23/h2-5,8H,6-7,9-12,19H2,1H3,(H,20,21,22). The summed E-state index contributed by atoms with van der Waals surface area (Å²) < 4.78 is 35.6. The highest BCUT2D eigenvalue weighted by molar-refractivity contribution is 7.91. The molecule has 150 valence electrons. The van der Waals surface area contributed by atoms with Crippen LogP contribution in [0, 0.1) is 0 Å². The minimum absolute atomic E-state index is 0.00537. The Bertz CT molecular complexity index is 978. The van der Waals surface area contributed by atoms with Crippen LogP contribution in [-0.2, 0) is 21.1 Å². The van der Waals surface area contributed by atoms with Gasteiger partial charge in [0.2, 0.25) is 5.95 Å². The van der Waals surface area contributed by atoms with Crippen molar-refractivity contribution in [2.24, 2.45) is 5.73 Å². The average molecular weight is 405 g/mol. The Morgan fingerprint density at radius 2 is 2.14 bits per heavy atom. The molecule has 3 N–H and O–H groups in total. The maximum atomic E-state index is 12.6. The third-order valence-electron chi connectivity index (χ3n) is 4.93. The number of benzene rings is 1. The van der Waals surface area contributed by atoms with Gasteiger partial charge in [0.25, 0.3) is 0 Å². The zero-order chi connectivity index (χ0) is 19.8. The van der Waals surface area contributed by atoms with Gasteiger partial charge in [-0.2, -0.15) is 4.98 Å². The SMILES string of the molecule is COc1cnc(N2CCS(=O)(=O)c3ccccc3C2)nc1NCC1(N)COC1. The minimum Gasteiger partial charge on any atom is -0.491 e. The first-order chi connectivity index (χ1) is 13.4. The number of aromatic nitrogens is 2. The minimum atomic E-state index is -3.34. The van der Waals surface area contributed by atoms with Gasteiger partial charge < -0.3 is 25.4 Å². The van der Waals surface area contributed by atoms with Gasteiger partial charge in [-0.1, -0.05) is 18.2 Å². The van der Waals surface area contributed by atoms with Crippen molar-refractivity contribution in [2.45, 2.75) is 17.0 Å². The Balaban J connectivity index is 1.61. The molecule has 0 spiro atoms. The van der Waals surface area contributed by atoms with Gasteiger partial charge >= 0.3 is 0 Å². The van der Waals surface area contributed by atoms with Crippen molar-refractivity contribution >= 4 is 21.6 Å². The lowest BCUT2D eigenvalue weighted by molar-refractivity contribution is -0.0462. The highest BCUT2D eigenvalue weighted by atomic mass is 32.2. The van der Waals surface area contributed by atoms with E-state index in [0.717, 1.165) is 5.56 Å². The normalized spacial score (nSPS) is 19.9. The lowest BCUT2D eigenvalue weighted by Gasteiger charge is -2.37. The van der Waals surface area contributed by atoms with Crippen LogP contribution in [-0.4, -0.2) is 63.1 Å². The van der Waals surface area contributed by atoms with Crippen LogP contribution in [0.2, 0.25) is 0 Å². The molecule has 4 rings (SSSR count). The molecule has 1 saturated heterocycles. The number of ether oxygens (including phenoxy) is 2. The van der Waals surface area contributed by atoms with E-state index in [-0.39, 0.29) is 5.75 Å². The Hall–Kier alpha value is -2.43. The van der Waals surface area contributed by atoms with Gasteiger partial charge in [0.15, 0.2) is 21.4 Å². The molecule has 1 aromatic carbocycles. The lowest BCUT2D eigenvalue weighted by Crippen LogP contribution is -2.61. The number of hydrogen-bond donors (Lipinski definition) is 2. The molecule has 1 fully saturated rings. The quantitative estimate of drug-likeness (QED) is 0.729. The van der Waals surface area contributed by atoms with Crippen molar-refractivity contribution in [1.82, 2.24) is 9.97 Å². The van der Waals surface area contributed by atoms with Crippen molar-refractivity contribution in [3.8, 4) is 5.75 Å². The van der Waals surface area contributed by atoms with E-state index in [9.17, 15) is 8.42 Å². The van der Waals surface area contributed by atoms with Crippen LogP contribution < -0.4 is 20.7 Å². The molecule has 0 bridgehead atoms. The summed E-state index contributed by atoms with van der Waals surface area (Å²) in [4.78, 5) is 11.2. The number of fused-ring (bicyclic) bond motifs is 1. The summed E-state index contributed by atoms with van der Waals surface area (Å²) in [5, 5.41) is 3.21. The highest BCUT2D eigenvalue weighted by Crippen LogP contribution is 2.28. The van der Waals surface area contributed by atoms with E-state index in [1.54, 1.807) is 25.4 Å². The first-order valence-corrected chi connectivity index (χ1v) is 10.6. The zero-order valence-corrected chi connectivity index (χ0v) is 16.4. The second-order valence-corrected chi connectivity index (χ2v) is 9.22. The number of sulfone groups is 1. The first kappa shape index (κ1) is 18.9. The van der Waals surface area contributed by atoms with Crippen LogP contribution in [0.25, 0.3) is 0 Å². The number of rotatable bonds is 5. The van der Waals surface area contributed by atoms with E-state index in [2.05, 4.69) is 15.3 Å². The van der Waals surface area contributed by atoms with Crippen LogP contribution in [0.4, 0.5) is 11.8 Å². The number of methoxy groups -OCH3 is 1. The number of hydrogen-bond acceptors (Lipinski definition) is 9. The molecule has 3 heterocycles. The fourth-order valence-corrected chi connectivity index (χ4v) is 4.75. The molecule has 10 heteroatoms. The molecular formula is C18H23N5O4S. The number of nitrogens with one attached hydrogen (secondary N) is 1. The highest BCUT2D eigenvalue weighted by Gasteiger charge is 2.34. The molecule has 0 atom stereocenters. The molecule has 0 saturated carbocycles.